The zero-order valence-corrected chi connectivity index (χ0v) is 10.9. The van der Waals surface area contributed by atoms with Crippen molar-refractivity contribution in [1.82, 2.24) is 10.3 Å². The number of alkyl halides is 1. The second-order valence-corrected chi connectivity index (χ2v) is 4.33. The van der Waals surface area contributed by atoms with Crippen LogP contribution in [0.25, 0.3) is 0 Å². The Labute approximate surface area is 115 Å². The average Bonchev–Trinajstić information content (AvgIpc) is 2.45. The molecule has 1 heterocycles. The highest BCUT2D eigenvalue weighted by atomic mass is 35.5. The summed E-state index contributed by atoms with van der Waals surface area (Å²) in [5, 5.41) is 2.79. The Hall–Kier alpha value is -2.07. The molecule has 0 radical (unpaired) electrons. The van der Waals surface area contributed by atoms with Gasteiger partial charge in [-0.3, -0.25) is 9.59 Å². The van der Waals surface area contributed by atoms with Crippen LogP contribution in [0.3, 0.4) is 0 Å². The number of aromatic nitrogens is 1. The van der Waals surface area contributed by atoms with Crippen LogP contribution in [0.1, 0.15) is 22.1 Å². The maximum atomic E-state index is 12.0. The highest BCUT2D eigenvalue weighted by molar-refractivity contribution is 6.18. The van der Waals surface area contributed by atoms with Gasteiger partial charge in [0.2, 0.25) is 5.56 Å². The number of H-pyrrole nitrogens is 1. The molecule has 1 aromatic heterocycles. The molecule has 2 aromatic rings. The Morgan fingerprint density at radius 1 is 1.16 bits per heavy atom. The molecule has 19 heavy (non-hydrogen) atoms. The van der Waals surface area contributed by atoms with Gasteiger partial charge >= 0.3 is 0 Å². The van der Waals surface area contributed by atoms with Crippen LogP contribution in [0.2, 0.25) is 0 Å². The molecular weight excluding hydrogens is 264 g/mol. The fraction of sp³-hybridized carbons (Fsp3) is 0.143. The van der Waals surface area contributed by atoms with Crippen molar-refractivity contribution in [1.29, 1.82) is 0 Å². The predicted molar refractivity (Wildman–Crippen MR) is 74.4 cm³/mol. The van der Waals surface area contributed by atoms with Gasteiger partial charge in [0.25, 0.3) is 5.91 Å². The number of pyridine rings is 1. The lowest BCUT2D eigenvalue weighted by atomic mass is 10.1. The summed E-state index contributed by atoms with van der Waals surface area (Å²) in [5.41, 5.74) is 0.831. The number of amides is 1. The van der Waals surface area contributed by atoms with Crippen LogP contribution in [0.15, 0.2) is 53.3 Å². The summed E-state index contributed by atoms with van der Waals surface area (Å²) in [7, 11) is 0. The fourth-order valence-corrected chi connectivity index (χ4v) is 1.97. The second kappa shape index (κ2) is 6.20. The van der Waals surface area contributed by atoms with Gasteiger partial charge in [-0.2, -0.15) is 0 Å². The first-order valence-electron chi connectivity index (χ1n) is 5.82. The molecule has 0 saturated heterocycles. The summed E-state index contributed by atoms with van der Waals surface area (Å²) in [6.45, 7) is 0. The van der Waals surface area contributed by atoms with Crippen molar-refractivity contribution in [3.8, 4) is 0 Å². The maximum Gasteiger partial charge on any atom is 0.268 e. The van der Waals surface area contributed by atoms with E-state index in [1.54, 1.807) is 6.07 Å². The van der Waals surface area contributed by atoms with Crippen LogP contribution in [-0.4, -0.2) is 16.8 Å². The number of hydrogen-bond donors (Lipinski definition) is 2. The van der Waals surface area contributed by atoms with Crippen LogP contribution >= 0.6 is 11.6 Å². The molecule has 0 spiro atoms. The van der Waals surface area contributed by atoms with Gasteiger partial charge in [0.1, 0.15) is 5.69 Å². The van der Waals surface area contributed by atoms with E-state index in [0.717, 1.165) is 5.56 Å². The molecule has 0 fully saturated rings. The molecule has 4 nitrogen and oxygen atoms in total. The van der Waals surface area contributed by atoms with Crippen molar-refractivity contribution in [3.05, 3.63) is 70.1 Å². The lowest BCUT2D eigenvalue weighted by molar-refractivity contribution is 0.0935. The predicted octanol–water partition coefficient (Wildman–Crippen LogP) is 2.08. The first-order valence-corrected chi connectivity index (χ1v) is 6.35. The molecule has 0 saturated carbocycles. The normalized spacial score (nSPS) is 11.8. The molecule has 0 aliphatic heterocycles. The minimum Gasteiger partial charge on any atom is -0.343 e. The standard InChI is InChI=1S/C14H13ClN2O2/c15-9-12(10-5-2-1-3-6-10)17-14(19)11-7-4-8-13(18)16-11/h1-8,12H,9H2,(H,16,18)(H,17,19). The van der Waals surface area contributed by atoms with Crippen molar-refractivity contribution in [2.45, 2.75) is 6.04 Å². The number of rotatable bonds is 4. The molecule has 0 aliphatic rings. The minimum atomic E-state index is -0.354. The summed E-state index contributed by atoms with van der Waals surface area (Å²) in [6, 6.07) is 13.6. The van der Waals surface area contributed by atoms with Crippen LogP contribution in [-0.2, 0) is 0 Å². The third-order valence-corrected chi connectivity index (χ3v) is 2.98. The third-order valence-electron chi connectivity index (χ3n) is 2.67. The molecule has 0 bridgehead atoms. The zero-order chi connectivity index (χ0) is 13.7. The van der Waals surface area contributed by atoms with Gasteiger partial charge in [0, 0.05) is 11.9 Å². The number of carbonyl (C=O) groups is 1. The van der Waals surface area contributed by atoms with E-state index in [0.29, 0.717) is 0 Å². The summed E-state index contributed by atoms with van der Waals surface area (Å²) < 4.78 is 0. The van der Waals surface area contributed by atoms with Crippen LogP contribution in [0.4, 0.5) is 0 Å². The number of hydrogen-bond acceptors (Lipinski definition) is 2. The second-order valence-electron chi connectivity index (χ2n) is 4.02. The van der Waals surface area contributed by atoms with Crippen LogP contribution in [0.5, 0.6) is 0 Å². The molecule has 1 amide bonds. The van der Waals surface area contributed by atoms with E-state index >= 15 is 0 Å². The van der Waals surface area contributed by atoms with E-state index in [9.17, 15) is 9.59 Å². The number of carbonyl (C=O) groups excluding carboxylic acids is 1. The first-order chi connectivity index (χ1) is 9.20. The first kappa shape index (κ1) is 13.4. The largest absolute Gasteiger partial charge is 0.343 e. The van der Waals surface area contributed by atoms with Gasteiger partial charge in [-0.15, -0.1) is 11.6 Å². The van der Waals surface area contributed by atoms with Crippen molar-refractivity contribution >= 4 is 17.5 Å². The summed E-state index contributed by atoms with van der Waals surface area (Å²) in [5.74, 6) is -0.0977. The Kier molecular flexibility index (Phi) is 4.36. The van der Waals surface area contributed by atoms with E-state index in [1.165, 1.54) is 12.1 Å². The molecule has 98 valence electrons. The van der Waals surface area contributed by atoms with Gasteiger partial charge in [-0.1, -0.05) is 36.4 Å². The van der Waals surface area contributed by atoms with E-state index in [4.69, 9.17) is 11.6 Å². The lowest BCUT2D eigenvalue weighted by Gasteiger charge is -2.16. The fourth-order valence-electron chi connectivity index (χ4n) is 1.71. The molecule has 5 heteroatoms. The lowest BCUT2D eigenvalue weighted by Crippen LogP contribution is -2.31. The van der Waals surface area contributed by atoms with E-state index in [-0.39, 0.29) is 29.1 Å². The molecule has 1 aromatic carbocycles. The van der Waals surface area contributed by atoms with Crippen molar-refractivity contribution in [2.24, 2.45) is 0 Å². The zero-order valence-electron chi connectivity index (χ0n) is 10.1. The van der Waals surface area contributed by atoms with Gasteiger partial charge < -0.3 is 10.3 Å². The quantitative estimate of drug-likeness (QED) is 0.840. The number of halogens is 1. The number of nitrogens with one attached hydrogen (secondary N) is 2. The Bertz CT molecular complexity index is 610. The monoisotopic (exact) mass is 276 g/mol. The van der Waals surface area contributed by atoms with Gasteiger partial charge in [-0.05, 0) is 11.6 Å². The summed E-state index contributed by atoms with van der Waals surface area (Å²) >= 11 is 5.88. The SMILES string of the molecule is O=C(NC(CCl)c1ccccc1)c1cccc(=O)[nH]1. The molecular formula is C14H13ClN2O2. The molecule has 1 unspecified atom stereocenters. The van der Waals surface area contributed by atoms with Crippen LogP contribution < -0.4 is 10.9 Å². The smallest absolute Gasteiger partial charge is 0.268 e. The Balaban J connectivity index is 2.15. The minimum absolute atomic E-state index is 0.221. The van der Waals surface area contributed by atoms with Gasteiger partial charge in [-0.25, -0.2) is 0 Å². The van der Waals surface area contributed by atoms with Gasteiger partial charge in [0.15, 0.2) is 0 Å². The summed E-state index contributed by atoms with van der Waals surface area (Å²) in [4.78, 5) is 25.6. The van der Waals surface area contributed by atoms with Crippen molar-refractivity contribution < 1.29 is 4.79 Å². The van der Waals surface area contributed by atoms with Gasteiger partial charge in [0.05, 0.1) is 6.04 Å². The Morgan fingerprint density at radius 3 is 2.53 bits per heavy atom. The van der Waals surface area contributed by atoms with E-state index in [1.807, 2.05) is 30.3 Å². The topological polar surface area (TPSA) is 62.0 Å². The molecule has 2 N–H and O–H groups in total. The van der Waals surface area contributed by atoms with E-state index in [2.05, 4.69) is 10.3 Å². The van der Waals surface area contributed by atoms with Crippen molar-refractivity contribution in [3.63, 3.8) is 0 Å². The average molecular weight is 277 g/mol. The molecule has 2 rings (SSSR count). The van der Waals surface area contributed by atoms with Crippen molar-refractivity contribution in [2.75, 3.05) is 5.88 Å². The highest BCUT2D eigenvalue weighted by Crippen LogP contribution is 2.14. The number of aromatic amines is 1. The van der Waals surface area contributed by atoms with E-state index < -0.39 is 0 Å². The maximum absolute atomic E-state index is 12.0. The Morgan fingerprint density at radius 2 is 1.89 bits per heavy atom. The summed E-state index contributed by atoms with van der Waals surface area (Å²) in [6.07, 6.45) is 0. The highest BCUT2D eigenvalue weighted by Gasteiger charge is 2.14. The molecule has 1 atom stereocenters. The molecule has 0 aliphatic carbocycles. The van der Waals surface area contributed by atoms with Crippen LogP contribution in [0, 0.1) is 0 Å². The third kappa shape index (κ3) is 3.45. The number of benzene rings is 1.